The highest BCUT2D eigenvalue weighted by Gasteiger charge is 2.29. The molecule has 0 aliphatic carbocycles. The average Bonchev–Trinajstić information content (AvgIpc) is 3.04. The van der Waals surface area contributed by atoms with Crippen LogP contribution in [0, 0.1) is 5.41 Å². The topological polar surface area (TPSA) is 82.1 Å². The fraction of sp³-hybridized carbons (Fsp3) is 0.476. The van der Waals surface area contributed by atoms with Gasteiger partial charge >= 0.3 is 0 Å². The molecule has 0 bridgehead atoms. The number of piperidine rings is 1. The predicted octanol–water partition coefficient (Wildman–Crippen LogP) is 3.48. The fourth-order valence-corrected chi connectivity index (χ4v) is 3.75. The van der Waals surface area contributed by atoms with Gasteiger partial charge in [0.05, 0.1) is 19.9 Å². The van der Waals surface area contributed by atoms with E-state index >= 15 is 0 Å². The monoisotopic (exact) mass is 380 g/mol. The first kappa shape index (κ1) is 18.5. The van der Waals surface area contributed by atoms with Crippen LogP contribution < -0.4 is 15.4 Å². The predicted molar refractivity (Wildman–Crippen MR) is 112 cm³/mol. The van der Waals surface area contributed by atoms with Crippen molar-refractivity contribution < 1.29 is 4.74 Å². The molecule has 3 heterocycles. The highest BCUT2D eigenvalue weighted by molar-refractivity contribution is 5.83. The van der Waals surface area contributed by atoms with Gasteiger partial charge in [0, 0.05) is 13.1 Å². The van der Waals surface area contributed by atoms with Crippen LogP contribution >= 0.6 is 0 Å². The summed E-state index contributed by atoms with van der Waals surface area (Å²) in [5.41, 5.74) is 9.03. The van der Waals surface area contributed by atoms with Crippen molar-refractivity contribution in [2.45, 2.75) is 39.7 Å². The Labute approximate surface area is 165 Å². The van der Waals surface area contributed by atoms with Crippen molar-refractivity contribution in [2.75, 3.05) is 30.8 Å². The molecular formula is C21H28N6O. The fourth-order valence-electron chi connectivity index (χ4n) is 3.75. The van der Waals surface area contributed by atoms with Crippen LogP contribution in [-0.4, -0.2) is 39.9 Å². The molecule has 7 heteroatoms. The molecule has 2 N–H and O–H groups in total. The third-order valence-electron chi connectivity index (χ3n) is 6.10. The number of methoxy groups -OCH3 is 1. The van der Waals surface area contributed by atoms with E-state index in [4.69, 9.17) is 15.5 Å². The molecule has 0 amide bonds. The Balaban J connectivity index is 1.60. The van der Waals surface area contributed by atoms with Gasteiger partial charge in [-0.3, -0.25) is 0 Å². The second-order valence-corrected chi connectivity index (χ2v) is 7.94. The molecule has 4 rings (SSSR count). The summed E-state index contributed by atoms with van der Waals surface area (Å²) in [5.74, 6) is 2.15. The maximum Gasteiger partial charge on any atom is 0.181 e. The van der Waals surface area contributed by atoms with Gasteiger partial charge < -0.3 is 15.4 Å². The van der Waals surface area contributed by atoms with Gasteiger partial charge in [-0.25, -0.2) is 14.6 Å². The number of benzene rings is 1. The lowest BCUT2D eigenvalue weighted by molar-refractivity contribution is 0.238. The molecule has 1 aliphatic rings. The van der Waals surface area contributed by atoms with E-state index < -0.39 is 0 Å². The van der Waals surface area contributed by atoms with Gasteiger partial charge in [0.25, 0.3) is 0 Å². The molecule has 148 valence electrons. The molecule has 0 saturated carbocycles. The minimum absolute atomic E-state index is 0.416. The van der Waals surface area contributed by atoms with E-state index in [9.17, 15) is 0 Å². The van der Waals surface area contributed by atoms with E-state index in [-0.39, 0.29) is 0 Å². The van der Waals surface area contributed by atoms with Gasteiger partial charge in [0.1, 0.15) is 11.6 Å². The number of fused-ring (bicyclic) bond motifs is 1. The smallest absolute Gasteiger partial charge is 0.181 e. The van der Waals surface area contributed by atoms with Crippen LogP contribution in [0.2, 0.25) is 0 Å². The Bertz CT molecular complexity index is 957. The van der Waals surface area contributed by atoms with E-state index in [1.54, 1.807) is 7.11 Å². The number of ether oxygens (including phenoxy) is 1. The van der Waals surface area contributed by atoms with Crippen LogP contribution in [0.5, 0.6) is 5.75 Å². The number of hydrogen-bond acceptors (Lipinski definition) is 6. The Morgan fingerprint density at radius 3 is 2.54 bits per heavy atom. The summed E-state index contributed by atoms with van der Waals surface area (Å²) in [4.78, 5) is 11.8. The summed E-state index contributed by atoms with van der Waals surface area (Å²) >= 11 is 0. The van der Waals surface area contributed by atoms with Crippen LogP contribution in [0.15, 0.2) is 30.5 Å². The maximum absolute atomic E-state index is 6.09. The second-order valence-electron chi connectivity index (χ2n) is 7.94. The minimum Gasteiger partial charge on any atom is -0.497 e. The molecule has 1 fully saturated rings. The van der Waals surface area contributed by atoms with Crippen LogP contribution in [0.3, 0.4) is 0 Å². The number of nitrogens with zero attached hydrogens (tertiary/aromatic N) is 5. The van der Waals surface area contributed by atoms with E-state index in [1.165, 1.54) is 19.3 Å². The highest BCUT2D eigenvalue weighted by atomic mass is 16.5. The molecule has 1 aliphatic heterocycles. The summed E-state index contributed by atoms with van der Waals surface area (Å²) in [7, 11) is 1.66. The van der Waals surface area contributed by atoms with Crippen molar-refractivity contribution in [3.05, 3.63) is 36.0 Å². The molecule has 0 atom stereocenters. The quantitative estimate of drug-likeness (QED) is 0.730. The lowest BCUT2D eigenvalue weighted by Crippen LogP contribution is -2.38. The molecule has 0 spiro atoms. The first-order valence-electron chi connectivity index (χ1n) is 9.88. The lowest BCUT2D eigenvalue weighted by Gasteiger charge is -2.39. The Morgan fingerprint density at radius 1 is 1.18 bits per heavy atom. The Morgan fingerprint density at radius 2 is 1.89 bits per heavy atom. The minimum atomic E-state index is 0.416. The average molecular weight is 380 g/mol. The van der Waals surface area contributed by atoms with Gasteiger partial charge in [-0.1, -0.05) is 32.4 Å². The normalized spacial score (nSPS) is 16.5. The molecule has 1 saturated heterocycles. The number of aromatic nitrogens is 4. The van der Waals surface area contributed by atoms with Crippen molar-refractivity contribution in [2.24, 2.45) is 5.41 Å². The number of nitrogens with two attached hydrogens (primary N) is 1. The lowest BCUT2D eigenvalue weighted by atomic mass is 9.78. The Kier molecular flexibility index (Phi) is 4.83. The highest BCUT2D eigenvalue weighted by Crippen LogP contribution is 2.35. The second kappa shape index (κ2) is 7.30. The van der Waals surface area contributed by atoms with Crippen LogP contribution in [0.1, 0.15) is 38.7 Å². The van der Waals surface area contributed by atoms with Crippen LogP contribution in [0.4, 0.5) is 11.6 Å². The molecule has 1 aromatic carbocycles. The zero-order valence-corrected chi connectivity index (χ0v) is 16.9. The molecular weight excluding hydrogens is 352 g/mol. The van der Waals surface area contributed by atoms with Crippen LogP contribution in [0.25, 0.3) is 11.2 Å². The summed E-state index contributed by atoms with van der Waals surface area (Å²) in [6, 6.07) is 7.94. The van der Waals surface area contributed by atoms with Crippen molar-refractivity contribution in [1.82, 2.24) is 19.7 Å². The molecule has 0 radical (unpaired) electrons. The summed E-state index contributed by atoms with van der Waals surface area (Å²) in [6.07, 6.45) is 5.40. The summed E-state index contributed by atoms with van der Waals surface area (Å²) in [5, 5.41) is 4.47. The maximum atomic E-state index is 6.09. The number of hydrogen-bond donors (Lipinski definition) is 1. The van der Waals surface area contributed by atoms with Gasteiger partial charge in [0.2, 0.25) is 0 Å². The van der Waals surface area contributed by atoms with E-state index in [2.05, 4.69) is 28.8 Å². The van der Waals surface area contributed by atoms with Crippen molar-refractivity contribution in [3.8, 4) is 5.75 Å². The molecule has 3 aromatic rings. The van der Waals surface area contributed by atoms with Gasteiger partial charge in [-0.15, -0.1) is 0 Å². The van der Waals surface area contributed by atoms with Crippen molar-refractivity contribution >= 4 is 22.8 Å². The van der Waals surface area contributed by atoms with Crippen molar-refractivity contribution in [3.63, 3.8) is 0 Å². The van der Waals surface area contributed by atoms with Crippen LogP contribution in [-0.2, 0) is 6.54 Å². The molecule has 0 unspecified atom stereocenters. The first-order chi connectivity index (χ1) is 13.5. The molecule has 7 nitrogen and oxygen atoms in total. The molecule has 2 aromatic heterocycles. The zero-order chi connectivity index (χ0) is 19.7. The van der Waals surface area contributed by atoms with Gasteiger partial charge in [0.15, 0.2) is 17.0 Å². The summed E-state index contributed by atoms with van der Waals surface area (Å²) < 4.78 is 7.07. The third kappa shape index (κ3) is 3.48. The zero-order valence-electron chi connectivity index (χ0n) is 16.9. The van der Waals surface area contributed by atoms with Crippen molar-refractivity contribution in [1.29, 1.82) is 0 Å². The number of nitrogen functional groups attached to an aromatic ring is 1. The standard InChI is InChI=1S/C21H28N6O/c1-4-21(2)9-11-26(12-10-21)17-13-23-18-19(22)25-27(20(18)24-17)14-15-5-7-16(28-3)8-6-15/h5-8,13H,4,9-12,14H2,1-3H3,(H2,22,25). The van der Waals surface area contributed by atoms with E-state index in [0.29, 0.717) is 23.3 Å². The largest absolute Gasteiger partial charge is 0.497 e. The SMILES string of the molecule is CCC1(C)CCN(c2cnc3c(N)nn(Cc4ccc(OC)cc4)c3n2)CC1. The third-order valence-corrected chi connectivity index (χ3v) is 6.10. The number of anilines is 2. The van der Waals surface area contributed by atoms with Gasteiger partial charge in [-0.05, 0) is 36.0 Å². The summed E-state index contributed by atoms with van der Waals surface area (Å²) in [6.45, 7) is 7.26. The first-order valence-corrected chi connectivity index (χ1v) is 9.88. The van der Waals surface area contributed by atoms with E-state index in [0.717, 1.165) is 35.9 Å². The Hall–Kier alpha value is -2.83. The molecule has 28 heavy (non-hydrogen) atoms. The van der Waals surface area contributed by atoms with E-state index in [1.807, 2.05) is 35.1 Å². The number of rotatable bonds is 5. The van der Waals surface area contributed by atoms with Gasteiger partial charge in [-0.2, -0.15) is 5.10 Å².